The SMILES string of the molecule is C=CC/C=c1/c(=O)[nH]cc/c1=C/C(=C)OC. The molecule has 1 aromatic heterocycles. The average molecular weight is 217 g/mol. The van der Waals surface area contributed by atoms with Crippen molar-refractivity contribution in [1.29, 1.82) is 0 Å². The van der Waals surface area contributed by atoms with Crippen LogP contribution in [0.3, 0.4) is 0 Å². The number of rotatable bonds is 4. The summed E-state index contributed by atoms with van der Waals surface area (Å²) in [7, 11) is 1.54. The number of ether oxygens (including phenoxy) is 1. The molecule has 1 aromatic rings. The van der Waals surface area contributed by atoms with Gasteiger partial charge in [-0.15, -0.1) is 6.58 Å². The molecule has 0 spiro atoms. The van der Waals surface area contributed by atoms with Gasteiger partial charge in [0.25, 0.3) is 5.56 Å². The lowest BCUT2D eigenvalue weighted by atomic mass is 10.2. The molecule has 16 heavy (non-hydrogen) atoms. The van der Waals surface area contributed by atoms with Crippen molar-refractivity contribution in [1.82, 2.24) is 4.98 Å². The van der Waals surface area contributed by atoms with E-state index in [1.807, 2.05) is 6.08 Å². The first-order chi connectivity index (χ1) is 7.69. The molecule has 0 unspecified atom stereocenters. The lowest BCUT2D eigenvalue weighted by Crippen LogP contribution is -2.40. The highest BCUT2D eigenvalue weighted by Gasteiger charge is 1.92. The van der Waals surface area contributed by atoms with E-state index in [1.165, 1.54) is 0 Å². The fourth-order valence-corrected chi connectivity index (χ4v) is 1.28. The maximum atomic E-state index is 11.6. The summed E-state index contributed by atoms with van der Waals surface area (Å²) in [5.74, 6) is 0.513. The van der Waals surface area contributed by atoms with Crippen molar-refractivity contribution < 1.29 is 4.74 Å². The van der Waals surface area contributed by atoms with Gasteiger partial charge in [-0.05, 0) is 23.8 Å². The zero-order chi connectivity index (χ0) is 12.0. The highest BCUT2D eigenvalue weighted by Crippen LogP contribution is 1.89. The van der Waals surface area contributed by atoms with Crippen LogP contribution in [-0.2, 0) is 4.74 Å². The first kappa shape index (κ1) is 12.0. The Morgan fingerprint density at radius 3 is 3.00 bits per heavy atom. The van der Waals surface area contributed by atoms with Gasteiger partial charge in [0.15, 0.2) is 0 Å². The van der Waals surface area contributed by atoms with E-state index in [0.29, 0.717) is 17.4 Å². The second kappa shape index (κ2) is 5.75. The van der Waals surface area contributed by atoms with Crippen LogP contribution >= 0.6 is 0 Å². The number of H-pyrrole nitrogens is 1. The molecule has 1 heterocycles. The topological polar surface area (TPSA) is 42.1 Å². The van der Waals surface area contributed by atoms with Gasteiger partial charge in [0, 0.05) is 11.4 Å². The third kappa shape index (κ3) is 2.98. The molecular weight excluding hydrogens is 202 g/mol. The molecule has 0 saturated carbocycles. The minimum Gasteiger partial charge on any atom is -0.497 e. The van der Waals surface area contributed by atoms with E-state index in [-0.39, 0.29) is 5.56 Å². The first-order valence-electron chi connectivity index (χ1n) is 4.92. The summed E-state index contributed by atoms with van der Waals surface area (Å²) in [6, 6.07) is 1.81. The van der Waals surface area contributed by atoms with Crippen LogP contribution in [0.4, 0.5) is 0 Å². The van der Waals surface area contributed by atoms with E-state index >= 15 is 0 Å². The molecule has 0 fully saturated rings. The summed E-state index contributed by atoms with van der Waals surface area (Å²) in [5.41, 5.74) is -0.125. The third-order valence-electron chi connectivity index (χ3n) is 2.10. The Hall–Kier alpha value is -2.03. The molecule has 0 atom stereocenters. The minimum absolute atomic E-state index is 0.125. The predicted octanol–water partition coefficient (Wildman–Crippen LogP) is 0.672. The van der Waals surface area contributed by atoms with E-state index in [1.54, 1.807) is 31.5 Å². The number of hydrogen-bond acceptors (Lipinski definition) is 2. The highest BCUT2D eigenvalue weighted by molar-refractivity contribution is 5.42. The number of methoxy groups -OCH3 is 1. The van der Waals surface area contributed by atoms with E-state index in [9.17, 15) is 4.79 Å². The molecule has 3 nitrogen and oxygen atoms in total. The standard InChI is InChI=1S/C13H15NO2/c1-4-5-6-12-11(9-10(2)16-3)7-8-14-13(12)15/h4,6-9H,1-2,5H2,3H3,(H,14,15)/b11-9-,12-6+. The summed E-state index contributed by atoms with van der Waals surface area (Å²) in [4.78, 5) is 14.2. The average Bonchev–Trinajstić information content (AvgIpc) is 2.28. The molecule has 0 aliphatic carbocycles. The van der Waals surface area contributed by atoms with E-state index in [2.05, 4.69) is 18.1 Å². The summed E-state index contributed by atoms with van der Waals surface area (Å²) in [6.07, 6.45) is 7.53. The second-order valence-corrected chi connectivity index (χ2v) is 3.22. The van der Waals surface area contributed by atoms with Gasteiger partial charge in [-0.2, -0.15) is 0 Å². The third-order valence-corrected chi connectivity index (χ3v) is 2.10. The van der Waals surface area contributed by atoms with Crippen LogP contribution in [0.15, 0.2) is 42.1 Å². The fraction of sp³-hybridized carbons (Fsp3) is 0.154. The van der Waals surface area contributed by atoms with Gasteiger partial charge < -0.3 is 9.72 Å². The lowest BCUT2D eigenvalue weighted by Gasteiger charge is -1.96. The first-order valence-corrected chi connectivity index (χ1v) is 4.92. The van der Waals surface area contributed by atoms with Crippen LogP contribution in [0.5, 0.6) is 0 Å². The Kier molecular flexibility index (Phi) is 4.33. The van der Waals surface area contributed by atoms with Crippen molar-refractivity contribution in [3.63, 3.8) is 0 Å². The maximum absolute atomic E-state index is 11.6. The molecule has 1 rings (SSSR count). The monoisotopic (exact) mass is 217 g/mol. The van der Waals surface area contributed by atoms with E-state index < -0.39 is 0 Å². The molecule has 0 saturated heterocycles. The minimum atomic E-state index is -0.125. The summed E-state index contributed by atoms with van der Waals surface area (Å²) < 4.78 is 4.96. The number of aromatic nitrogens is 1. The Labute approximate surface area is 94.1 Å². The molecule has 0 aromatic carbocycles. The van der Waals surface area contributed by atoms with Crippen molar-refractivity contribution >= 4 is 12.2 Å². The van der Waals surface area contributed by atoms with Crippen LogP contribution in [0.2, 0.25) is 0 Å². The van der Waals surface area contributed by atoms with Crippen molar-refractivity contribution in [2.75, 3.05) is 7.11 Å². The van der Waals surface area contributed by atoms with E-state index in [0.717, 1.165) is 5.22 Å². The predicted molar refractivity (Wildman–Crippen MR) is 66.2 cm³/mol. The molecule has 0 aliphatic rings. The van der Waals surface area contributed by atoms with Gasteiger partial charge in [-0.25, -0.2) is 0 Å². The second-order valence-electron chi connectivity index (χ2n) is 3.22. The molecule has 84 valence electrons. The molecular formula is C13H15NO2. The van der Waals surface area contributed by atoms with Gasteiger partial charge in [0.05, 0.1) is 7.11 Å². The van der Waals surface area contributed by atoms with Crippen LogP contribution in [0.25, 0.3) is 12.2 Å². The van der Waals surface area contributed by atoms with E-state index in [4.69, 9.17) is 4.74 Å². The van der Waals surface area contributed by atoms with Gasteiger partial charge in [-0.1, -0.05) is 18.7 Å². The molecule has 0 bridgehead atoms. The molecule has 0 amide bonds. The molecule has 1 N–H and O–H groups in total. The van der Waals surface area contributed by atoms with Crippen molar-refractivity contribution in [3.8, 4) is 0 Å². The van der Waals surface area contributed by atoms with Crippen LogP contribution < -0.4 is 16.0 Å². The number of pyridine rings is 1. The maximum Gasteiger partial charge on any atom is 0.255 e. The zero-order valence-corrected chi connectivity index (χ0v) is 9.32. The van der Waals surface area contributed by atoms with Crippen LogP contribution in [-0.4, -0.2) is 12.1 Å². The molecule has 0 aliphatic heterocycles. The molecule has 3 heteroatoms. The summed E-state index contributed by atoms with van der Waals surface area (Å²) >= 11 is 0. The van der Waals surface area contributed by atoms with Crippen molar-refractivity contribution in [2.45, 2.75) is 6.42 Å². The quantitative estimate of drug-likeness (QED) is 0.595. The van der Waals surface area contributed by atoms with Crippen LogP contribution in [0.1, 0.15) is 6.42 Å². The Balaban J connectivity index is 3.46. The van der Waals surface area contributed by atoms with Crippen molar-refractivity contribution in [3.05, 3.63) is 58.0 Å². The van der Waals surface area contributed by atoms with Gasteiger partial charge in [0.2, 0.25) is 0 Å². The smallest absolute Gasteiger partial charge is 0.255 e. The Bertz CT molecular complexity index is 552. The summed E-state index contributed by atoms with van der Waals surface area (Å²) in [6.45, 7) is 7.31. The Morgan fingerprint density at radius 2 is 2.38 bits per heavy atom. The van der Waals surface area contributed by atoms with Crippen LogP contribution in [0, 0.1) is 0 Å². The number of nitrogens with one attached hydrogen (secondary N) is 1. The van der Waals surface area contributed by atoms with Gasteiger partial charge >= 0.3 is 0 Å². The lowest BCUT2D eigenvalue weighted by molar-refractivity contribution is 0.315. The largest absolute Gasteiger partial charge is 0.497 e. The highest BCUT2D eigenvalue weighted by atomic mass is 16.5. The van der Waals surface area contributed by atoms with Gasteiger partial charge in [-0.3, -0.25) is 4.79 Å². The number of allylic oxidation sites excluding steroid dienone is 2. The fourth-order valence-electron chi connectivity index (χ4n) is 1.28. The normalized spacial score (nSPS) is 12.6. The zero-order valence-electron chi connectivity index (χ0n) is 9.32. The molecule has 0 radical (unpaired) electrons. The van der Waals surface area contributed by atoms with Gasteiger partial charge in [0.1, 0.15) is 5.76 Å². The number of hydrogen-bond donors (Lipinski definition) is 1. The Morgan fingerprint density at radius 1 is 1.62 bits per heavy atom. The number of aromatic amines is 1. The summed E-state index contributed by atoms with van der Waals surface area (Å²) in [5, 5.41) is 1.40. The van der Waals surface area contributed by atoms with Crippen molar-refractivity contribution in [2.24, 2.45) is 0 Å².